The lowest BCUT2D eigenvalue weighted by Gasteiger charge is -2.52. The Labute approximate surface area is 165 Å². The van der Waals surface area contributed by atoms with Crippen molar-refractivity contribution in [1.29, 1.82) is 0 Å². The molecule has 0 radical (unpaired) electrons. The number of aromatic nitrogens is 2. The van der Waals surface area contributed by atoms with E-state index in [0.717, 1.165) is 57.8 Å². The van der Waals surface area contributed by atoms with Gasteiger partial charge in [-0.1, -0.05) is 0 Å². The lowest BCUT2D eigenvalue weighted by Crippen LogP contribution is -2.54. The van der Waals surface area contributed by atoms with Crippen molar-refractivity contribution >= 4 is 17.7 Å². The number of fused-ring (bicyclic) bond motifs is 3. The van der Waals surface area contributed by atoms with E-state index in [2.05, 4.69) is 20.6 Å². The number of carbonyl (C=O) groups is 1. The van der Waals surface area contributed by atoms with Gasteiger partial charge in [-0.15, -0.1) is 0 Å². The molecule has 1 aromatic rings. The average Bonchev–Trinajstić information content (AvgIpc) is 2.69. The van der Waals surface area contributed by atoms with Gasteiger partial charge in [0.1, 0.15) is 5.82 Å². The quantitative estimate of drug-likeness (QED) is 0.588. The summed E-state index contributed by atoms with van der Waals surface area (Å²) in [6.07, 6.45) is 10.8. The fourth-order valence-corrected chi connectivity index (χ4v) is 5.10. The van der Waals surface area contributed by atoms with Crippen molar-refractivity contribution in [2.45, 2.75) is 87.5 Å². The van der Waals surface area contributed by atoms with Crippen LogP contribution in [0.1, 0.15) is 74.6 Å². The molecule has 0 spiro atoms. The number of aliphatic hydroxyl groups is 1. The second kappa shape index (κ2) is 7.48. The van der Waals surface area contributed by atoms with Crippen LogP contribution in [0.25, 0.3) is 0 Å². The highest BCUT2D eigenvalue weighted by Crippen LogP contribution is 2.49. The molecule has 4 fully saturated rings. The number of nitrogens with zero attached hydrogens (tertiary/aromatic N) is 2. The predicted molar refractivity (Wildman–Crippen MR) is 106 cm³/mol. The second-order valence-corrected chi connectivity index (χ2v) is 8.77. The van der Waals surface area contributed by atoms with Crippen molar-refractivity contribution in [1.82, 2.24) is 9.97 Å². The molecule has 28 heavy (non-hydrogen) atoms. The lowest BCUT2D eigenvalue weighted by molar-refractivity contribution is -0.0891. The fourth-order valence-electron chi connectivity index (χ4n) is 5.10. The maximum absolute atomic E-state index is 11.8. The van der Waals surface area contributed by atoms with Crippen molar-refractivity contribution in [3.05, 3.63) is 11.8 Å². The molecular formula is C20H31N5O3. The zero-order valence-electron chi connectivity index (χ0n) is 16.5. The second-order valence-electron chi connectivity index (χ2n) is 8.77. The minimum atomic E-state index is -0.552. The number of ether oxygens (including phenoxy) is 1. The van der Waals surface area contributed by atoms with Crippen LogP contribution in [0, 0.1) is 0 Å². The predicted octanol–water partition coefficient (Wildman–Crippen LogP) is 2.19. The van der Waals surface area contributed by atoms with E-state index in [1.165, 1.54) is 6.20 Å². The van der Waals surface area contributed by atoms with E-state index < -0.39 is 5.91 Å². The van der Waals surface area contributed by atoms with Gasteiger partial charge in [0.25, 0.3) is 5.91 Å². The molecule has 1 heterocycles. The first-order valence-corrected chi connectivity index (χ1v) is 10.4. The third-order valence-corrected chi connectivity index (χ3v) is 7.03. The molecule has 2 unspecified atom stereocenters. The van der Waals surface area contributed by atoms with Crippen molar-refractivity contribution in [3.63, 3.8) is 0 Å². The Morgan fingerprint density at radius 1 is 1.25 bits per heavy atom. The number of anilines is 2. The molecule has 2 bridgehead atoms. The minimum absolute atomic E-state index is 0.00712. The number of nitrogens with two attached hydrogens (primary N) is 1. The van der Waals surface area contributed by atoms with E-state index in [9.17, 15) is 9.90 Å². The molecule has 8 nitrogen and oxygen atoms in total. The SMILES string of the molecule is COC12CCC(Nc3ncc(C(N)=O)c(NC4CCCC(O)C4)n3)(CC1)CC2. The zero-order chi connectivity index (χ0) is 19.8. The normalized spacial score (nSPS) is 34.8. The van der Waals surface area contributed by atoms with Crippen molar-refractivity contribution in [3.8, 4) is 0 Å². The summed E-state index contributed by atoms with van der Waals surface area (Å²) in [5, 5.41) is 16.8. The minimum Gasteiger partial charge on any atom is -0.393 e. The standard InChI is InChI=1S/C20H31N5O3/c1-28-20-8-5-19(6-9-20,7-10-20)25-18-22-12-15(16(21)27)17(24-18)23-13-3-2-4-14(26)11-13/h12-14,26H,2-11H2,1H3,(H2,21,27)(H2,22,23,24,25). The summed E-state index contributed by atoms with van der Waals surface area (Å²) in [6.45, 7) is 0. The van der Waals surface area contributed by atoms with E-state index in [1.807, 2.05) is 7.11 Å². The molecule has 1 amide bonds. The van der Waals surface area contributed by atoms with Crippen LogP contribution in [-0.2, 0) is 4.74 Å². The smallest absolute Gasteiger partial charge is 0.254 e. The molecule has 4 aliphatic carbocycles. The maximum Gasteiger partial charge on any atom is 0.254 e. The number of aliphatic hydroxyl groups excluding tert-OH is 1. The number of primary amides is 1. The molecular weight excluding hydrogens is 358 g/mol. The highest BCUT2D eigenvalue weighted by Gasteiger charge is 2.49. The first kappa shape index (κ1) is 19.4. The summed E-state index contributed by atoms with van der Waals surface area (Å²) in [7, 11) is 1.82. The van der Waals surface area contributed by atoms with Gasteiger partial charge in [-0.05, 0) is 64.2 Å². The Morgan fingerprint density at radius 2 is 1.96 bits per heavy atom. The van der Waals surface area contributed by atoms with E-state index in [4.69, 9.17) is 10.5 Å². The number of nitrogens with one attached hydrogen (secondary N) is 2. The Morgan fingerprint density at radius 3 is 2.57 bits per heavy atom. The van der Waals surface area contributed by atoms with E-state index in [1.54, 1.807) is 0 Å². The molecule has 154 valence electrons. The third kappa shape index (κ3) is 3.80. The molecule has 5 N–H and O–H groups in total. The highest BCUT2D eigenvalue weighted by molar-refractivity contribution is 5.97. The van der Waals surface area contributed by atoms with E-state index in [-0.39, 0.29) is 28.8 Å². The van der Waals surface area contributed by atoms with Crippen LogP contribution in [0.5, 0.6) is 0 Å². The molecule has 0 aromatic carbocycles. The first-order valence-electron chi connectivity index (χ1n) is 10.4. The molecule has 2 atom stereocenters. The van der Waals surface area contributed by atoms with Gasteiger partial charge >= 0.3 is 0 Å². The Kier molecular flexibility index (Phi) is 5.18. The van der Waals surface area contributed by atoms with Crippen LogP contribution in [0.3, 0.4) is 0 Å². The van der Waals surface area contributed by atoms with Crippen molar-refractivity contribution < 1.29 is 14.6 Å². The van der Waals surface area contributed by atoms with Crippen LogP contribution in [0.2, 0.25) is 0 Å². The molecule has 4 aliphatic rings. The molecule has 8 heteroatoms. The summed E-state index contributed by atoms with van der Waals surface area (Å²) in [4.78, 5) is 20.8. The molecule has 1 aromatic heterocycles. The van der Waals surface area contributed by atoms with Gasteiger partial charge in [0.05, 0.1) is 17.3 Å². The molecule has 5 rings (SSSR count). The Hall–Kier alpha value is -1.93. The van der Waals surface area contributed by atoms with Gasteiger partial charge < -0.3 is 26.2 Å². The number of rotatable bonds is 6. The number of hydrogen-bond donors (Lipinski definition) is 4. The lowest BCUT2D eigenvalue weighted by atomic mass is 9.63. The monoisotopic (exact) mass is 389 g/mol. The van der Waals surface area contributed by atoms with Crippen LogP contribution in [-0.4, -0.2) is 51.4 Å². The third-order valence-electron chi connectivity index (χ3n) is 7.03. The first-order chi connectivity index (χ1) is 13.4. The zero-order valence-corrected chi connectivity index (χ0v) is 16.5. The van der Waals surface area contributed by atoms with Gasteiger partial charge in [-0.3, -0.25) is 4.79 Å². The summed E-state index contributed by atoms with van der Waals surface area (Å²) < 4.78 is 5.77. The van der Waals surface area contributed by atoms with Crippen LogP contribution in [0.4, 0.5) is 11.8 Å². The number of hydrogen-bond acceptors (Lipinski definition) is 7. The van der Waals surface area contributed by atoms with Crippen LogP contribution in [0.15, 0.2) is 6.20 Å². The highest BCUT2D eigenvalue weighted by atomic mass is 16.5. The molecule has 0 saturated heterocycles. The van der Waals surface area contributed by atoms with Crippen LogP contribution < -0.4 is 16.4 Å². The van der Waals surface area contributed by atoms with Crippen molar-refractivity contribution in [2.75, 3.05) is 17.7 Å². The molecule has 4 saturated carbocycles. The summed E-state index contributed by atoms with van der Waals surface area (Å²) in [6, 6.07) is 0.0782. The average molecular weight is 390 g/mol. The summed E-state index contributed by atoms with van der Waals surface area (Å²) >= 11 is 0. The van der Waals surface area contributed by atoms with Crippen LogP contribution >= 0.6 is 0 Å². The summed E-state index contributed by atoms with van der Waals surface area (Å²) in [5.41, 5.74) is 5.86. The van der Waals surface area contributed by atoms with E-state index >= 15 is 0 Å². The largest absolute Gasteiger partial charge is 0.393 e. The maximum atomic E-state index is 11.8. The van der Waals surface area contributed by atoms with Gasteiger partial charge in [-0.25, -0.2) is 4.98 Å². The van der Waals surface area contributed by atoms with E-state index in [0.29, 0.717) is 18.2 Å². The van der Waals surface area contributed by atoms with Gasteiger partial charge in [0, 0.05) is 24.9 Å². The van der Waals surface area contributed by atoms with Gasteiger partial charge in [0.15, 0.2) is 0 Å². The number of amides is 1. The van der Waals surface area contributed by atoms with Gasteiger partial charge in [-0.2, -0.15) is 4.98 Å². The Balaban J connectivity index is 1.51. The van der Waals surface area contributed by atoms with Gasteiger partial charge in [0.2, 0.25) is 5.95 Å². The van der Waals surface area contributed by atoms with Crippen molar-refractivity contribution in [2.24, 2.45) is 5.73 Å². The Bertz CT molecular complexity index is 716. The topological polar surface area (TPSA) is 122 Å². The fraction of sp³-hybridized carbons (Fsp3) is 0.750. The number of carbonyl (C=O) groups excluding carboxylic acids is 1. The molecule has 0 aliphatic heterocycles. The summed E-state index contributed by atoms with van der Waals surface area (Å²) in [5.74, 6) is 0.429. The number of methoxy groups -OCH3 is 1.